The van der Waals surface area contributed by atoms with Crippen molar-refractivity contribution in [3.63, 3.8) is 0 Å². The van der Waals surface area contributed by atoms with Crippen LogP contribution in [0.25, 0.3) is 0 Å². The van der Waals surface area contributed by atoms with E-state index in [-0.39, 0.29) is 11.9 Å². The molecule has 1 aliphatic carbocycles. The summed E-state index contributed by atoms with van der Waals surface area (Å²) in [5, 5.41) is 7.19. The molecule has 1 aliphatic rings. The summed E-state index contributed by atoms with van der Waals surface area (Å²) in [6.07, 6.45) is 9.21. The summed E-state index contributed by atoms with van der Waals surface area (Å²) < 4.78 is 5.71. The molecule has 0 aliphatic heterocycles. The Labute approximate surface area is 94.6 Å². The van der Waals surface area contributed by atoms with E-state index in [1.165, 1.54) is 31.7 Å². The summed E-state index contributed by atoms with van der Waals surface area (Å²) in [5.74, 6) is 0.452. The van der Waals surface area contributed by atoms with Crippen LogP contribution in [0.1, 0.15) is 37.8 Å². The van der Waals surface area contributed by atoms with Gasteiger partial charge in [0.25, 0.3) is 0 Å². The fourth-order valence-corrected chi connectivity index (χ4v) is 1.87. The van der Waals surface area contributed by atoms with Crippen molar-refractivity contribution in [1.29, 1.82) is 5.41 Å². The first-order valence-corrected chi connectivity index (χ1v) is 5.59. The molecule has 0 aromatic carbocycles. The fourth-order valence-electron chi connectivity index (χ4n) is 1.87. The van der Waals surface area contributed by atoms with Crippen LogP contribution < -0.4 is 10.5 Å². The molecule has 0 saturated heterocycles. The first kappa shape index (κ1) is 10.9. The van der Waals surface area contributed by atoms with Gasteiger partial charge in [0.15, 0.2) is 0 Å². The molecule has 0 amide bonds. The van der Waals surface area contributed by atoms with Crippen molar-refractivity contribution < 1.29 is 4.74 Å². The van der Waals surface area contributed by atoms with Crippen LogP contribution in [-0.4, -0.2) is 21.9 Å². The molecular weight excluding hydrogens is 204 g/mol. The summed E-state index contributed by atoms with van der Waals surface area (Å²) in [7, 11) is 0. The van der Waals surface area contributed by atoms with Crippen LogP contribution in [0.5, 0.6) is 5.88 Å². The predicted octanol–water partition coefficient (Wildman–Crippen LogP) is 1.47. The lowest BCUT2D eigenvalue weighted by atomic mass is 9.98. The van der Waals surface area contributed by atoms with Crippen molar-refractivity contribution >= 4 is 5.84 Å². The zero-order valence-corrected chi connectivity index (χ0v) is 9.15. The van der Waals surface area contributed by atoms with E-state index in [0.29, 0.717) is 11.6 Å². The van der Waals surface area contributed by atoms with Gasteiger partial charge >= 0.3 is 0 Å². The number of amidine groups is 1. The minimum atomic E-state index is -0.0725. The van der Waals surface area contributed by atoms with Gasteiger partial charge in [0.05, 0.1) is 12.4 Å². The lowest BCUT2D eigenvalue weighted by Crippen LogP contribution is -2.20. The highest BCUT2D eigenvalue weighted by atomic mass is 16.5. The fraction of sp³-hybridized carbons (Fsp3) is 0.545. The van der Waals surface area contributed by atoms with Crippen molar-refractivity contribution in [2.24, 2.45) is 5.73 Å². The summed E-state index contributed by atoms with van der Waals surface area (Å²) in [4.78, 5) is 8.10. The first-order chi connectivity index (χ1) is 7.75. The number of nitrogens with zero attached hydrogens (tertiary/aromatic N) is 2. The van der Waals surface area contributed by atoms with Gasteiger partial charge < -0.3 is 10.5 Å². The largest absolute Gasteiger partial charge is 0.473 e. The van der Waals surface area contributed by atoms with Gasteiger partial charge in [-0.05, 0) is 25.7 Å². The van der Waals surface area contributed by atoms with Gasteiger partial charge in [-0.1, -0.05) is 6.42 Å². The normalized spacial score (nSPS) is 17.0. The molecule has 16 heavy (non-hydrogen) atoms. The first-order valence-electron chi connectivity index (χ1n) is 5.59. The number of hydrogen-bond donors (Lipinski definition) is 2. The molecular formula is C11H16N4O. The van der Waals surface area contributed by atoms with Crippen LogP contribution in [0.15, 0.2) is 12.4 Å². The lowest BCUT2D eigenvalue weighted by molar-refractivity contribution is 0.148. The average Bonchev–Trinajstić information content (AvgIpc) is 2.31. The van der Waals surface area contributed by atoms with Crippen LogP contribution in [0.2, 0.25) is 0 Å². The quantitative estimate of drug-likeness (QED) is 0.596. The van der Waals surface area contributed by atoms with E-state index in [1.54, 1.807) is 0 Å². The maximum Gasteiger partial charge on any atom is 0.232 e. The van der Waals surface area contributed by atoms with Crippen LogP contribution in [0.4, 0.5) is 0 Å². The maximum atomic E-state index is 7.19. The van der Waals surface area contributed by atoms with E-state index >= 15 is 0 Å². The maximum absolute atomic E-state index is 7.19. The summed E-state index contributed by atoms with van der Waals surface area (Å²) in [6.45, 7) is 0. The van der Waals surface area contributed by atoms with Gasteiger partial charge in [-0.25, -0.2) is 9.97 Å². The topological polar surface area (TPSA) is 84.9 Å². The van der Waals surface area contributed by atoms with E-state index in [9.17, 15) is 0 Å². The second kappa shape index (κ2) is 4.92. The third kappa shape index (κ3) is 2.68. The Hall–Kier alpha value is -1.65. The van der Waals surface area contributed by atoms with Gasteiger partial charge in [-0.3, -0.25) is 5.41 Å². The molecule has 0 atom stereocenters. The number of nitrogens with two attached hydrogens (primary N) is 1. The Balaban J connectivity index is 1.96. The molecule has 1 aromatic rings. The van der Waals surface area contributed by atoms with Gasteiger partial charge in [0.1, 0.15) is 17.6 Å². The monoisotopic (exact) mass is 220 g/mol. The van der Waals surface area contributed by atoms with E-state index in [4.69, 9.17) is 15.9 Å². The number of aromatic nitrogens is 2. The van der Waals surface area contributed by atoms with Crippen molar-refractivity contribution in [3.8, 4) is 5.88 Å². The Kier molecular flexibility index (Phi) is 3.34. The van der Waals surface area contributed by atoms with Gasteiger partial charge in [-0.15, -0.1) is 0 Å². The molecule has 1 heterocycles. The highest BCUT2D eigenvalue weighted by Gasteiger charge is 2.15. The predicted molar refractivity (Wildman–Crippen MR) is 60.5 cm³/mol. The van der Waals surface area contributed by atoms with Crippen LogP contribution in [0, 0.1) is 5.41 Å². The minimum Gasteiger partial charge on any atom is -0.473 e. The van der Waals surface area contributed by atoms with E-state index < -0.39 is 0 Å². The average molecular weight is 220 g/mol. The van der Waals surface area contributed by atoms with Crippen LogP contribution in [0.3, 0.4) is 0 Å². The lowest BCUT2D eigenvalue weighted by Gasteiger charge is -2.22. The molecule has 2 rings (SSSR count). The molecule has 1 aromatic heterocycles. The van der Waals surface area contributed by atoms with E-state index in [2.05, 4.69) is 9.97 Å². The molecule has 0 unspecified atom stereocenters. The highest BCUT2D eigenvalue weighted by Crippen LogP contribution is 2.21. The Morgan fingerprint density at radius 3 is 2.56 bits per heavy atom. The van der Waals surface area contributed by atoms with E-state index in [0.717, 1.165) is 12.8 Å². The van der Waals surface area contributed by atoms with Crippen molar-refractivity contribution in [2.45, 2.75) is 38.2 Å². The van der Waals surface area contributed by atoms with Gasteiger partial charge in [-0.2, -0.15) is 0 Å². The molecule has 0 radical (unpaired) electrons. The second-order valence-electron chi connectivity index (χ2n) is 4.03. The third-order valence-corrected chi connectivity index (χ3v) is 2.74. The zero-order valence-electron chi connectivity index (χ0n) is 9.15. The number of rotatable bonds is 3. The number of nitrogens with one attached hydrogen (secondary N) is 1. The van der Waals surface area contributed by atoms with Gasteiger partial charge in [0, 0.05) is 0 Å². The molecule has 3 N–H and O–H groups in total. The summed E-state index contributed by atoms with van der Waals surface area (Å²) >= 11 is 0. The Morgan fingerprint density at radius 2 is 2.00 bits per heavy atom. The van der Waals surface area contributed by atoms with E-state index in [1.807, 2.05) is 0 Å². The Morgan fingerprint density at radius 1 is 1.25 bits per heavy atom. The molecule has 5 nitrogen and oxygen atoms in total. The molecule has 1 saturated carbocycles. The van der Waals surface area contributed by atoms with Crippen molar-refractivity contribution in [2.75, 3.05) is 0 Å². The summed E-state index contributed by atoms with van der Waals surface area (Å²) in [5.41, 5.74) is 5.67. The third-order valence-electron chi connectivity index (χ3n) is 2.74. The number of hydrogen-bond acceptors (Lipinski definition) is 4. The highest BCUT2D eigenvalue weighted by molar-refractivity contribution is 5.92. The second-order valence-corrected chi connectivity index (χ2v) is 4.03. The van der Waals surface area contributed by atoms with Crippen molar-refractivity contribution in [3.05, 3.63) is 18.1 Å². The summed E-state index contributed by atoms with van der Waals surface area (Å²) in [6, 6.07) is 0. The standard InChI is InChI=1S/C11H16N4O/c12-11(13)9-6-15-10(7-14-9)16-8-4-2-1-3-5-8/h6-8H,1-5H2,(H3,12,13). The smallest absolute Gasteiger partial charge is 0.232 e. The molecule has 1 fully saturated rings. The minimum absolute atomic E-state index is 0.0725. The zero-order chi connectivity index (χ0) is 11.4. The van der Waals surface area contributed by atoms with Crippen LogP contribution >= 0.6 is 0 Å². The van der Waals surface area contributed by atoms with Crippen LogP contribution in [-0.2, 0) is 0 Å². The SMILES string of the molecule is N=C(N)c1cnc(OC2CCCCC2)cn1. The molecule has 5 heteroatoms. The molecule has 0 spiro atoms. The molecule has 86 valence electrons. The van der Waals surface area contributed by atoms with Gasteiger partial charge in [0.2, 0.25) is 5.88 Å². The molecule has 0 bridgehead atoms. The van der Waals surface area contributed by atoms with Crippen molar-refractivity contribution in [1.82, 2.24) is 9.97 Å². The number of ether oxygens (including phenoxy) is 1. The number of nitrogen functional groups attached to an aromatic ring is 1. The Bertz CT molecular complexity index is 357.